The molecule has 0 unspecified atom stereocenters. The number of hydrogen-bond acceptors (Lipinski definition) is 2. The van der Waals surface area contributed by atoms with Crippen molar-refractivity contribution in [2.45, 2.75) is 33.7 Å². The summed E-state index contributed by atoms with van der Waals surface area (Å²) in [5.41, 5.74) is 6.14. The summed E-state index contributed by atoms with van der Waals surface area (Å²) in [7, 11) is 0. The predicted molar refractivity (Wildman–Crippen MR) is 64.9 cm³/mol. The Labute approximate surface area is 91.4 Å². The van der Waals surface area contributed by atoms with E-state index in [-0.39, 0.29) is 6.04 Å². The smallest absolute Gasteiger partial charge is 0.142 e. The summed E-state index contributed by atoms with van der Waals surface area (Å²) in [6.45, 7) is 8.19. The number of nitrogens with zero attached hydrogens (tertiary/aromatic N) is 1. The Morgan fingerprint density at radius 3 is 2.13 bits per heavy atom. The molecule has 0 aliphatic heterocycles. The fourth-order valence-corrected chi connectivity index (χ4v) is 1.56. The average Bonchev–Trinajstić information content (AvgIpc) is 2.12. The number of nitrogens with two attached hydrogens (primary N) is 1. The molecule has 0 spiro atoms. The molecule has 0 amide bonds. The second-order valence-electron chi connectivity index (χ2n) is 4.09. The normalized spacial score (nSPS) is 12.0. The largest absolute Gasteiger partial charge is 0.308 e. The Bertz CT molecular complexity index is 347. The molecule has 1 aromatic carbocycles. The third kappa shape index (κ3) is 3.36. The fourth-order valence-electron chi connectivity index (χ4n) is 1.56. The van der Waals surface area contributed by atoms with Crippen LogP contribution in [0.5, 0.6) is 0 Å². The van der Waals surface area contributed by atoms with Crippen molar-refractivity contribution in [3.05, 3.63) is 34.9 Å². The summed E-state index contributed by atoms with van der Waals surface area (Å²) in [4.78, 5) is 4.43. The maximum atomic E-state index is 5.47. The summed E-state index contributed by atoms with van der Waals surface area (Å²) in [5, 5.41) is 0. The van der Waals surface area contributed by atoms with E-state index in [9.17, 15) is 0 Å². The van der Waals surface area contributed by atoms with E-state index in [2.05, 4.69) is 42.5 Å². The summed E-state index contributed by atoms with van der Waals surface area (Å²) in [5.74, 6) is 6.22. The number of nitrogens with one attached hydrogen (secondary N) is 1. The monoisotopic (exact) mass is 205 g/mol. The van der Waals surface area contributed by atoms with Crippen LogP contribution in [0.2, 0.25) is 0 Å². The minimum Gasteiger partial charge on any atom is -0.308 e. The van der Waals surface area contributed by atoms with Crippen LogP contribution in [0, 0.1) is 13.8 Å². The molecule has 0 radical (unpaired) electrons. The highest BCUT2D eigenvalue weighted by atomic mass is 15.3. The van der Waals surface area contributed by atoms with E-state index in [4.69, 9.17) is 5.84 Å². The zero-order chi connectivity index (χ0) is 11.4. The number of amidine groups is 1. The molecular weight excluding hydrogens is 186 g/mol. The molecule has 1 aromatic rings. The highest BCUT2D eigenvalue weighted by Gasteiger charge is 2.03. The number of hydrogen-bond donors (Lipinski definition) is 2. The van der Waals surface area contributed by atoms with Gasteiger partial charge in [-0.2, -0.15) is 0 Å². The topological polar surface area (TPSA) is 50.4 Å². The number of rotatable bonds is 2. The Hall–Kier alpha value is -1.35. The van der Waals surface area contributed by atoms with Crippen molar-refractivity contribution >= 4 is 5.84 Å². The standard InChI is InChI=1S/C12H19N3/c1-8(2)14-12(15-13)11-6-9(3)5-10(4)7-11/h5-8H,13H2,1-4H3,(H,14,15). The Morgan fingerprint density at radius 2 is 1.73 bits per heavy atom. The molecule has 0 aliphatic rings. The highest BCUT2D eigenvalue weighted by Crippen LogP contribution is 2.09. The van der Waals surface area contributed by atoms with E-state index in [1.165, 1.54) is 11.1 Å². The second-order valence-corrected chi connectivity index (χ2v) is 4.09. The lowest BCUT2D eigenvalue weighted by atomic mass is 10.1. The highest BCUT2D eigenvalue weighted by molar-refractivity contribution is 5.98. The van der Waals surface area contributed by atoms with Crippen LogP contribution in [-0.2, 0) is 0 Å². The van der Waals surface area contributed by atoms with Crippen molar-refractivity contribution in [2.24, 2.45) is 10.8 Å². The van der Waals surface area contributed by atoms with Gasteiger partial charge in [0.2, 0.25) is 0 Å². The lowest BCUT2D eigenvalue weighted by molar-refractivity contribution is 0.820. The van der Waals surface area contributed by atoms with Crippen LogP contribution >= 0.6 is 0 Å². The minimum atomic E-state index is 0.233. The number of aryl methyl sites for hydroxylation is 2. The molecule has 0 atom stereocenters. The van der Waals surface area contributed by atoms with Gasteiger partial charge < -0.3 is 5.43 Å². The Balaban J connectivity index is 3.12. The van der Waals surface area contributed by atoms with Gasteiger partial charge in [-0.1, -0.05) is 17.2 Å². The van der Waals surface area contributed by atoms with Crippen molar-refractivity contribution in [1.82, 2.24) is 5.43 Å². The van der Waals surface area contributed by atoms with Gasteiger partial charge in [0, 0.05) is 11.6 Å². The first kappa shape index (κ1) is 11.7. The van der Waals surface area contributed by atoms with Crippen molar-refractivity contribution in [3.63, 3.8) is 0 Å². The quantitative estimate of drug-likeness (QED) is 0.335. The van der Waals surface area contributed by atoms with Crippen molar-refractivity contribution in [2.75, 3.05) is 0 Å². The third-order valence-corrected chi connectivity index (χ3v) is 2.02. The zero-order valence-corrected chi connectivity index (χ0v) is 9.83. The van der Waals surface area contributed by atoms with Crippen LogP contribution in [0.1, 0.15) is 30.5 Å². The van der Waals surface area contributed by atoms with E-state index in [1.54, 1.807) is 0 Å². The third-order valence-electron chi connectivity index (χ3n) is 2.02. The van der Waals surface area contributed by atoms with Crippen molar-refractivity contribution in [1.29, 1.82) is 0 Å². The maximum Gasteiger partial charge on any atom is 0.142 e. The molecule has 3 N–H and O–H groups in total. The molecule has 0 fully saturated rings. The van der Waals surface area contributed by atoms with E-state index < -0.39 is 0 Å². The summed E-state index contributed by atoms with van der Waals surface area (Å²) < 4.78 is 0. The molecule has 0 heterocycles. The molecule has 0 saturated heterocycles. The van der Waals surface area contributed by atoms with Gasteiger partial charge in [0.05, 0.1) is 0 Å². The SMILES string of the molecule is Cc1cc(C)cc(C(=NC(C)C)NN)c1. The first-order chi connectivity index (χ1) is 7.02. The van der Waals surface area contributed by atoms with Gasteiger partial charge in [0.25, 0.3) is 0 Å². The van der Waals surface area contributed by atoms with Crippen LogP contribution in [0.4, 0.5) is 0 Å². The second kappa shape index (κ2) is 4.94. The van der Waals surface area contributed by atoms with Crippen molar-refractivity contribution < 1.29 is 0 Å². The van der Waals surface area contributed by atoms with E-state index >= 15 is 0 Å². The van der Waals surface area contributed by atoms with E-state index in [0.717, 1.165) is 11.4 Å². The Kier molecular flexibility index (Phi) is 3.86. The summed E-state index contributed by atoms with van der Waals surface area (Å²) in [6, 6.07) is 6.52. The van der Waals surface area contributed by atoms with Gasteiger partial charge in [0.1, 0.15) is 5.84 Å². The molecule has 3 nitrogen and oxygen atoms in total. The lowest BCUT2D eigenvalue weighted by Gasteiger charge is -2.09. The van der Waals surface area contributed by atoms with Gasteiger partial charge in [-0.25, -0.2) is 5.84 Å². The molecular formula is C12H19N3. The maximum absolute atomic E-state index is 5.47. The minimum absolute atomic E-state index is 0.233. The first-order valence-electron chi connectivity index (χ1n) is 5.16. The van der Waals surface area contributed by atoms with Crippen molar-refractivity contribution in [3.8, 4) is 0 Å². The van der Waals surface area contributed by atoms with Crippen LogP contribution in [0.25, 0.3) is 0 Å². The molecule has 1 rings (SSSR count). The number of hydrazine groups is 1. The number of aliphatic imine (C=N–C) groups is 1. The molecule has 0 aliphatic carbocycles. The van der Waals surface area contributed by atoms with Gasteiger partial charge >= 0.3 is 0 Å². The molecule has 82 valence electrons. The molecule has 15 heavy (non-hydrogen) atoms. The van der Waals surface area contributed by atoms with Crippen LogP contribution in [0.15, 0.2) is 23.2 Å². The van der Waals surface area contributed by atoms with Crippen LogP contribution < -0.4 is 11.3 Å². The van der Waals surface area contributed by atoms with Gasteiger partial charge in [0.15, 0.2) is 0 Å². The Morgan fingerprint density at radius 1 is 1.20 bits per heavy atom. The molecule has 0 saturated carbocycles. The average molecular weight is 205 g/mol. The van der Waals surface area contributed by atoms with Crippen LogP contribution in [-0.4, -0.2) is 11.9 Å². The van der Waals surface area contributed by atoms with Gasteiger partial charge in [-0.3, -0.25) is 4.99 Å². The first-order valence-corrected chi connectivity index (χ1v) is 5.16. The van der Waals surface area contributed by atoms with Gasteiger partial charge in [-0.05, 0) is 39.8 Å². The van der Waals surface area contributed by atoms with Gasteiger partial charge in [-0.15, -0.1) is 0 Å². The summed E-state index contributed by atoms with van der Waals surface area (Å²) >= 11 is 0. The van der Waals surface area contributed by atoms with E-state index in [0.29, 0.717) is 0 Å². The fraction of sp³-hybridized carbons (Fsp3) is 0.417. The zero-order valence-electron chi connectivity index (χ0n) is 9.83. The molecule has 3 heteroatoms. The predicted octanol–water partition coefficient (Wildman–Crippen LogP) is 1.92. The lowest BCUT2D eigenvalue weighted by Crippen LogP contribution is -2.32. The molecule has 0 bridgehead atoms. The van der Waals surface area contributed by atoms with E-state index in [1.807, 2.05) is 13.8 Å². The molecule has 0 aromatic heterocycles. The summed E-state index contributed by atoms with van der Waals surface area (Å²) in [6.07, 6.45) is 0. The number of benzene rings is 1. The van der Waals surface area contributed by atoms with Crippen LogP contribution in [0.3, 0.4) is 0 Å².